The fourth-order valence-electron chi connectivity index (χ4n) is 2.29. The van der Waals surface area contributed by atoms with Gasteiger partial charge in [-0.05, 0) is 55.4 Å². The van der Waals surface area contributed by atoms with Crippen molar-refractivity contribution in [2.24, 2.45) is 0 Å². The molecule has 0 fully saturated rings. The maximum atomic E-state index is 4.34. The molecule has 108 valence electrons. The molecule has 0 N–H and O–H groups in total. The van der Waals surface area contributed by atoms with Gasteiger partial charge in [0.05, 0.1) is 0 Å². The van der Waals surface area contributed by atoms with Gasteiger partial charge in [0.1, 0.15) is 0 Å². The fraction of sp³-hybridized carbons (Fsp3) is 0.421. The number of allylic oxidation sites excluding steroid dienone is 6. The Morgan fingerprint density at radius 2 is 2.05 bits per heavy atom. The summed E-state index contributed by atoms with van der Waals surface area (Å²) in [4.78, 5) is 4.34. The van der Waals surface area contributed by atoms with Gasteiger partial charge in [0.2, 0.25) is 0 Å². The molecule has 0 bridgehead atoms. The summed E-state index contributed by atoms with van der Waals surface area (Å²) in [7, 11) is 0. The van der Waals surface area contributed by atoms with Gasteiger partial charge in [0.15, 0.2) is 0 Å². The summed E-state index contributed by atoms with van der Waals surface area (Å²) in [6.45, 7) is 10.9. The molecule has 0 unspecified atom stereocenters. The second-order valence-electron chi connectivity index (χ2n) is 5.18. The van der Waals surface area contributed by atoms with E-state index in [-0.39, 0.29) is 0 Å². The zero-order valence-electron chi connectivity index (χ0n) is 13.5. The first kappa shape index (κ1) is 16.4. The zero-order valence-corrected chi connectivity index (χ0v) is 13.5. The quantitative estimate of drug-likeness (QED) is 0.585. The van der Waals surface area contributed by atoms with Crippen LogP contribution >= 0.6 is 0 Å². The van der Waals surface area contributed by atoms with Crippen LogP contribution in [0.2, 0.25) is 0 Å². The lowest BCUT2D eigenvalue weighted by molar-refractivity contribution is 0.730. The van der Waals surface area contributed by atoms with Gasteiger partial charge >= 0.3 is 0 Å². The molecule has 0 spiro atoms. The first-order chi connectivity index (χ1) is 9.65. The molecule has 1 heteroatoms. The van der Waals surface area contributed by atoms with Crippen molar-refractivity contribution in [3.63, 3.8) is 0 Å². The Kier molecular flexibility index (Phi) is 7.00. The van der Waals surface area contributed by atoms with Gasteiger partial charge in [-0.1, -0.05) is 45.1 Å². The van der Waals surface area contributed by atoms with Crippen molar-refractivity contribution in [3.8, 4) is 0 Å². The van der Waals surface area contributed by atoms with Crippen LogP contribution in [0.5, 0.6) is 0 Å². The third-order valence-electron chi connectivity index (χ3n) is 3.65. The van der Waals surface area contributed by atoms with Crippen molar-refractivity contribution in [1.29, 1.82) is 0 Å². The van der Waals surface area contributed by atoms with E-state index in [1.165, 1.54) is 22.3 Å². The molecule has 1 rings (SSSR count). The Morgan fingerprint density at radius 1 is 1.30 bits per heavy atom. The Balaban J connectivity index is 3.42. The lowest BCUT2D eigenvalue weighted by Gasteiger charge is -2.16. The Labute approximate surface area is 124 Å². The van der Waals surface area contributed by atoms with Crippen molar-refractivity contribution < 1.29 is 0 Å². The molecular weight excluding hydrogens is 242 g/mol. The number of hydrogen-bond acceptors (Lipinski definition) is 1. The average molecular weight is 269 g/mol. The maximum Gasteiger partial charge on any atom is 0.0349 e. The molecule has 0 radical (unpaired) electrons. The highest BCUT2D eigenvalue weighted by Crippen LogP contribution is 2.30. The highest BCUT2D eigenvalue weighted by Gasteiger charge is 2.12. The minimum absolute atomic E-state index is 0.552. The summed E-state index contributed by atoms with van der Waals surface area (Å²) >= 11 is 0. The first-order valence-corrected chi connectivity index (χ1v) is 7.60. The molecule has 0 aliphatic heterocycles. The molecule has 0 aromatic carbocycles. The Morgan fingerprint density at radius 3 is 2.65 bits per heavy atom. The molecule has 1 heterocycles. The number of nitrogens with zero attached hydrogens (tertiary/aromatic N) is 1. The van der Waals surface area contributed by atoms with Crippen LogP contribution in [0.25, 0.3) is 5.57 Å². The Hall–Kier alpha value is -1.63. The fourth-order valence-corrected chi connectivity index (χ4v) is 2.29. The maximum absolute atomic E-state index is 4.34. The molecule has 1 aromatic heterocycles. The van der Waals surface area contributed by atoms with Crippen molar-refractivity contribution in [1.82, 2.24) is 4.98 Å². The molecule has 20 heavy (non-hydrogen) atoms. The smallest absolute Gasteiger partial charge is 0.0349 e. The SMILES string of the molecule is C\C=C/C(C)=C(\C=C\CC)c1cnccc1[C@H](C)CC. The number of rotatable bonds is 6. The normalized spacial score (nSPS) is 14.8. The van der Waals surface area contributed by atoms with E-state index in [1.54, 1.807) is 0 Å². The summed E-state index contributed by atoms with van der Waals surface area (Å²) < 4.78 is 0. The third-order valence-corrected chi connectivity index (χ3v) is 3.65. The van der Waals surface area contributed by atoms with Crippen LogP contribution < -0.4 is 0 Å². The molecular formula is C19H27N. The number of hydrogen-bond donors (Lipinski definition) is 0. The molecule has 1 atom stereocenters. The van der Waals surface area contributed by atoms with E-state index in [1.807, 2.05) is 12.4 Å². The third kappa shape index (κ3) is 4.19. The van der Waals surface area contributed by atoms with E-state index in [2.05, 4.69) is 70.0 Å². The monoisotopic (exact) mass is 269 g/mol. The van der Waals surface area contributed by atoms with Gasteiger partial charge in [-0.2, -0.15) is 0 Å². The van der Waals surface area contributed by atoms with Crippen molar-refractivity contribution in [2.75, 3.05) is 0 Å². The van der Waals surface area contributed by atoms with Gasteiger partial charge in [0, 0.05) is 18.0 Å². The van der Waals surface area contributed by atoms with Gasteiger partial charge in [0.25, 0.3) is 0 Å². The van der Waals surface area contributed by atoms with Crippen molar-refractivity contribution in [2.45, 2.75) is 53.4 Å². The van der Waals surface area contributed by atoms with E-state index in [0.717, 1.165) is 12.8 Å². The molecule has 1 aromatic rings. The second kappa shape index (κ2) is 8.52. The van der Waals surface area contributed by atoms with Crippen LogP contribution in [0.3, 0.4) is 0 Å². The van der Waals surface area contributed by atoms with Crippen molar-refractivity contribution >= 4 is 5.57 Å². The highest BCUT2D eigenvalue weighted by atomic mass is 14.6. The lowest BCUT2D eigenvalue weighted by Crippen LogP contribution is -1.99. The summed E-state index contributed by atoms with van der Waals surface area (Å²) in [6.07, 6.45) is 14.8. The van der Waals surface area contributed by atoms with E-state index < -0.39 is 0 Å². The molecule has 0 aliphatic rings. The number of aromatic nitrogens is 1. The van der Waals surface area contributed by atoms with Crippen LogP contribution in [-0.4, -0.2) is 4.98 Å². The minimum Gasteiger partial charge on any atom is -0.264 e. The zero-order chi connectivity index (χ0) is 15.0. The summed E-state index contributed by atoms with van der Waals surface area (Å²) in [5, 5.41) is 0. The average Bonchev–Trinajstić information content (AvgIpc) is 2.47. The van der Waals surface area contributed by atoms with E-state index >= 15 is 0 Å². The Bertz CT molecular complexity index is 506. The van der Waals surface area contributed by atoms with Gasteiger partial charge in [-0.15, -0.1) is 0 Å². The van der Waals surface area contributed by atoms with Gasteiger partial charge in [-0.3, -0.25) is 4.98 Å². The molecule has 0 aliphatic carbocycles. The predicted octanol–water partition coefficient (Wildman–Crippen LogP) is 5.91. The molecule has 0 saturated carbocycles. The van der Waals surface area contributed by atoms with Gasteiger partial charge < -0.3 is 0 Å². The largest absolute Gasteiger partial charge is 0.264 e. The van der Waals surface area contributed by atoms with Crippen LogP contribution in [0, 0.1) is 0 Å². The number of pyridine rings is 1. The van der Waals surface area contributed by atoms with Gasteiger partial charge in [-0.25, -0.2) is 0 Å². The summed E-state index contributed by atoms with van der Waals surface area (Å²) in [5.74, 6) is 0.552. The topological polar surface area (TPSA) is 12.9 Å². The molecule has 1 nitrogen and oxygen atoms in total. The van der Waals surface area contributed by atoms with Crippen LogP contribution in [0.15, 0.2) is 48.3 Å². The molecule has 0 amide bonds. The van der Waals surface area contributed by atoms with Crippen LogP contribution in [0.4, 0.5) is 0 Å². The predicted molar refractivity (Wildman–Crippen MR) is 89.8 cm³/mol. The van der Waals surface area contributed by atoms with Crippen LogP contribution in [0.1, 0.15) is 64.5 Å². The molecule has 0 saturated heterocycles. The summed E-state index contributed by atoms with van der Waals surface area (Å²) in [5.41, 5.74) is 5.23. The van der Waals surface area contributed by atoms with E-state index in [0.29, 0.717) is 5.92 Å². The van der Waals surface area contributed by atoms with Crippen molar-refractivity contribution in [3.05, 3.63) is 59.5 Å². The minimum atomic E-state index is 0.552. The van der Waals surface area contributed by atoms with Crippen LogP contribution in [-0.2, 0) is 0 Å². The first-order valence-electron chi connectivity index (χ1n) is 7.60. The van der Waals surface area contributed by atoms with E-state index in [4.69, 9.17) is 0 Å². The highest BCUT2D eigenvalue weighted by molar-refractivity contribution is 5.79. The second-order valence-corrected chi connectivity index (χ2v) is 5.18. The lowest BCUT2D eigenvalue weighted by atomic mass is 9.89. The standard InChI is InChI=1S/C19H27N/c1-6-9-11-17(16(5)10-7-2)19-14-20-13-12-18(19)15(4)8-3/h7,9-15H,6,8H2,1-5H3/b10-7-,11-9+,17-16+/t15-/m1/s1. The van der Waals surface area contributed by atoms with E-state index in [9.17, 15) is 0 Å². The summed E-state index contributed by atoms with van der Waals surface area (Å²) in [6, 6.07) is 2.16.